The van der Waals surface area contributed by atoms with E-state index in [2.05, 4.69) is 20.6 Å². The van der Waals surface area contributed by atoms with E-state index in [1.54, 1.807) is 19.4 Å². The summed E-state index contributed by atoms with van der Waals surface area (Å²) in [5.74, 6) is 2.31. The highest BCUT2D eigenvalue weighted by Crippen LogP contribution is 2.19. The average Bonchev–Trinajstić information content (AvgIpc) is 2.68. The molecular weight excluding hydrogens is 364 g/mol. The van der Waals surface area contributed by atoms with Gasteiger partial charge in [-0.3, -0.25) is 0 Å². The first kappa shape index (κ1) is 20.8. The first-order chi connectivity index (χ1) is 13.1. The molecule has 1 aromatic heterocycles. The second-order valence-corrected chi connectivity index (χ2v) is 6.38. The Morgan fingerprint density at radius 2 is 2.04 bits per heavy atom. The molecule has 0 spiro atoms. The Balaban J connectivity index is 1.82. The van der Waals surface area contributed by atoms with Crippen molar-refractivity contribution in [1.82, 2.24) is 15.6 Å². The largest absolute Gasteiger partial charge is 0.497 e. The molecule has 2 rings (SSSR count). The lowest BCUT2D eigenvalue weighted by Gasteiger charge is -2.15. The van der Waals surface area contributed by atoms with E-state index < -0.39 is 0 Å². The van der Waals surface area contributed by atoms with Gasteiger partial charge in [0.15, 0.2) is 5.96 Å². The van der Waals surface area contributed by atoms with E-state index in [1.165, 1.54) is 0 Å². The van der Waals surface area contributed by atoms with Crippen LogP contribution in [0.15, 0.2) is 47.6 Å². The van der Waals surface area contributed by atoms with E-state index in [-0.39, 0.29) is 6.10 Å². The van der Waals surface area contributed by atoms with Crippen molar-refractivity contribution in [3.63, 3.8) is 0 Å². The van der Waals surface area contributed by atoms with Crippen molar-refractivity contribution < 1.29 is 9.47 Å². The molecule has 146 valence electrons. The SMILES string of the molecule is CCNC(=NCC(C)Oc1cccc(OC)c1)NCCc1ccc(Cl)nc1. The lowest BCUT2D eigenvalue weighted by atomic mass is 10.2. The van der Waals surface area contributed by atoms with Crippen LogP contribution in [0, 0.1) is 0 Å². The number of ether oxygens (including phenoxy) is 2. The predicted molar refractivity (Wildman–Crippen MR) is 110 cm³/mol. The van der Waals surface area contributed by atoms with Crippen molar-refractivity contribution in [2.45, 2.75) is 26.4 Å². The van der Waals surface area contributed by atoms with Crippen LogP contribution < -0.4 is 20.1 Å². The van der Waals surface area contributed by atoms with E-state index in [1.807, 2.05) is 44.2 Å². The van der Waals surface area contributed by atoms with Gasteiger partial charge >= 0.3 is 0 Å². The fraction of sp³-hybridized carbons (Fsp3) is 0.400. The average molecular weight is 391 g/mol. The number of nitrogens with zero attached hydrogens (tertiary/aromatic N) is 2. The lowest BCUT2D eigenvalue weighted by Crippen LogP contribution is -2.39. The summed E-state index contributed by atoms with van der Waals surface area (Å²) in [4.78, 5) is 8.69. The van der Waals surface area contributed by atoms with Gasteiger partial charge in [-0.2, -0.15) is 0 Å². The maximum atomic E-state index is 5.91. The molecule has 0 saturated carbocycles. The summed E-state index contributed by atoms with van der Waals surface area (Å²) in [5.41, 5.74) is 1.12. The van der Waals surface area contributed by atoms with E-state index in [4.69, 9.17) is 21.1 Å². The quantitative estimate of drug-likeness (QED) is 0.390. The molecule has 6 nitrogen and oxygen atoms in total. The Hall–Kier alpha value is -2.47. The van der Waals surface area contributed by atoms with Crippen molar-refractivity contribution in [2.24, 2.45) is 4.99 Å². The zero-order chi connectivity index (χ0) is 19.5. The van der Waals surface area contributed by atoms with Crippen LogP contribution in [0.1, 0.15) is 19.4 Å². The van der Waals surface area contributed by atoms with Crippen LogP contribution in [0.25, 0.3) is 0 Å². The smallest absolute Gasteiger partial charge is 0.191 e. The Morgan fingerprint density at radius 3 is 2.74 bits per heavy atom. The minimum absolute atomic E-state index is 0.0620. The van der Waals surface area contributed by atoms with E-state index in [0.29, 0.717) is 11.7 Å². The zero-order valence-corrected chi connectivity index (χ0v) is 16.8. The van der Waals surface area contributed by atoms with Gasteiger partial charge in [0, 0.05) is 25.4 Å². The van der Waals surface area contributed by atoms with Gasteiger partial charge in [-0.05, 0) is 44.0 Å². The lowest BCUT2D eigenvalue weighted by molar-refractivity contribution is 0.229. The number of pyridine rings is 1. The zero-order valence-electron chi connectivity index (χ0n) is 16.0. The maximum absolute atomic E-state index is 5.91. The third-order valence-electron chi connectivity index (χ3n) is 3.72. The topological polar surface area (TPSA) is 67.8 Å². The van der Waals surface area contributed by atoms with Gasteiger partial charge in [-0.1, -0.05) is 23.7 Å². The number of hydrogen-bond donors (Lipinski definition) is 2. The molecule has 0 fully saturated rings. The number of aromatic nitrogens is 1. The Bertz CT molecular complexity index is 722. The van der Waals surface area contributed by atoms with E-state index >= 15 is 0 Å². The van der Waals surface area contributed by atoms with Crippen LogP contribution in [0.3, 0.4) is 0 Å². The second kappa shape index (κ2) is 11.3. The van der Waals surface area contributed by atoms with Crippen LogP contribution >= 0.6 is 11.6 Å². The Kier molecular flexibility index (Phi) is 8.71. The summed E-state index contributed by atoms with van der Waals surface area (Å²) in [6, 6.07) is 11.3. The molecule has 1 unspecified atom stereocenters. The number of benzene rings is 1. The molecule has 0 amide bonds. The molecule has 0 radical (unpaired) electrons. The molecule has 1 aromatic carbocycles. The van der Waals surface area contributed by atoms with Gasteiger partial charge < -0.3 is 20.1 Å². The number of rotatable bonds is 9. The normalized spacial score (nSPS) is 12.4. The minimum Gasteiger partial charge on any atom is -0.497 e. The standard InChI is InChI=1S/C20H27ClN4O2/c1-4-22-20(23-11-10-16-8-9-19(21)24-14-16)25-13-15(2)27-18-7-5-6-17(12-18)26-3/h5-9,12,14-15H,4,10-11,13H2,1-3H3,(H2,22,23,25). The van der Waals surface area contributed by atoms with Gasteiger partial charge in [0.25, 0.3) is 0 Å². The van der Waals surface area contributed by atoms with E-state index in [9.17, 15) is 0 Å². The summed E-state index contributed by atoms with van der Waals surface area (Å²) in [6.07, 6.45) is 2.57. The molecule has 0 bridgehead atoms. The molecule has 0 aliphatic carbocycles. The van der Waals surface area contributed by atoms with Gasteiger partial charge in [0.1, 0.15) is 22.8 Å². The number of methoxy groups -OCH3 is 1. The summed E-state index contributed by atoms with van der Waals surface area (Å²) in [5, 5.41) is 7.07. The summed E-state index contributed by atoms with van der Waals surface area (Å²) >= 11 is 5.81. The number of hydrogen-bond acceptors (Lipinski definition) is 4. The molecule has 2 aromatic rings. The van der Waals surface area contributed by atoms with Crippen LogP contribution in [0.4, 0.5) is 0 Å². The molecule has 27 heavy (non-hydrogen) atoms. The van der Waals surface area contributed by atoms with Crippen LogP contribution in [-0.2, 0) is 6.42 Å². The number of aliphatic imine (C=N–C) groups is 1. The monoisotopic (exact) mass is 390 g/mol. The third kappa shape index (κ3) is 7.74. The van der Waals surface area contributed by atoms with Crippen molar-refractivity contribution in [3.05, 3.63) is 53.3 Å². The molecule has 1 atom stereocenters. The number of halogens is 1. The highest BCUT2D eigenvalue weighted by Gasteiger charge is 2.06. The molecular formula is C20H27ClN4O2. The van der Waals surface area contributed by atoms with Crippen molar-refractivity contribution >= 4 is 17.6 Å². The highest BCUT2D eigenvalue weighted by atomic mass is 35.5. The van der Waals surface area contributed by atoms with Gasteiger partial charge in [-0.25, -0.2) is 9.98 Å². The molecule has 7 heteroatoms. The highest BCUT2D eigenvalue weighted by molar-refractivity contribution is 6.29. The Labute approximate surface area is 166 Å². The first-order valence-corrected chi connectivity index (χ1v) is 9.41. The molecule has 0 aliphatic heterocycles. The molecule has 1 heterocycles. The first-order valence-electron chi connectivity index (χ1n) is 9.04. The number of nitrogens with one attached hydrogen (secondary N) is 2. The predicted octanol–water partition coefficient (Wildman–Crippen LogP) is 3.31. The van der Waals surface area contributed by atoms with Crippen LogP contribution in [-0.4, -0.2) is 43.8 Å². The molecule has 0 saturated heterocycles. The number of guanidine groups is 1. The summed E-state index contributed by atoms with van der Waals surface area (Å²) < 4.78 is 11.1. The minimum atomic E-state index is -0.0620. The maximum Gasteiger partial charge on any atom is 0.191 e. The van der Waals surface area contributed by atoms with Gasteiger partial charge in [0.2, 0.25) is 0 Å². The fourth-order valence-electron chi connectivity index (χ4n) is 2.39. The Morgan fingerprint density at radius 1 is 1.22 bits per heavy atom. The van der Waals surface area contributed by atoms with Crippen molar-refractivity contribution in [1.29, 1.82) is 0 Å². The third-order valence-corrected chi connectivity index (χ3v) is 3.95. The molecule has 2 N–H and O–H groups in total. The second-order valence-electron chi connectivity index (χ2n) is 5.99. The van der Waals surface area contributed by atoms with Crippen LogP contribution in [0.2, 0.25) is 5.15 Å². The van der Waals surface area contributed by atoms with Crippen LogP contribution in [0.5, 0.6) is 11.5 Å². The summed E-state index contributed by atoms with van der Waals surface area (Å²) in [7, 11) is 1.64. The van der Waals surface area contributed by atoms with Crippen molar-refractivity contribution in [2.75, 3.05) is 26.7 Å². The van der Waals surface area contributed by atoms with Crippen molar-refractivity contribution in [3.8, 4) is 11.5 Å². The van der Waals surface area contributed by atoms with Gasteiger partial charge in [0.05, 0.1) is 13.7 Å². The van der Waals surface area contributed by atoms with Gasteiger partial charge in [-0.15, -0.1) is 0 Å². The summed E-state index contributed by atoms with van der Waals surface area (Å²) in [6.45, 7) is 6.11. The fourth-order valence-corrected chi connectivity index (χ4v) is 2.50. The molecule has 0 aliphatic rings. The van der Waals surface area contributed by atoms with E-state index in [0.717, 1.165) is 42.5 Å².